The molecule has 8 nitrogen and oxygen atoms in total. The maximum absolute atomic E-state index is 13.3. The van der Waals surface area contributed by atoms with E-state index >= 15 is 0 Å². The monoisotopic (exact) mass is 484 g/mol. The fourth-order valence-electron chi connectivity index (χ4n) is 4.97. The van der Waals surface area contributed by atoms with Gasteiger partial charge in [0.25, 0.3) is 11.8 Å². The van der Waals surface area contributed by atoms with Gasteiger partial charge < -0.3 is 20.3 Å². The summed E-state index contributed by atoms with van der Waals surface area (Å²) in [5.74, 6) is 1.03. The fraction of sp³-hybridized carbons (Fsp3) is 0.357. The second-order valence-corrected chi connectivity index (χ2v) is 9.88. The number of para-hydroxylation sites is 1. The zero-order valence-electron chi connectivity index (χ0n) is 20.1. The number of pyridine rings is 1. The molecule has 2 N–H and O–H groups in total. The van der Waals surface area contributed by atoms with Crippen molar-refractivity contribution in [2.24, 2.45) is 5.92 Å². The summed E-state index contributed by atoms with van der Waals surface area (Å²) in [4.78, 5) is 45.2. The van der Waals surface area contributed by atoms with E-state index in [9.17, 15) is 14.4 Å². The zero-order valence-corrected chi connectivity index (χ0v) is 20.1. The number of nitrogens with one attached hydrogen (secondary N) is 2. The third kappa shape index (κ3) is 4.27. The fourth-order valence-corrected chi connectivity index (χ4v) is 4.97. The quantitative estimate of drug-likeness (QED) is 0.532. The highest BCUT2D eigenvalue weighted by Crippen LogP contribution is 2.33. The summed E-state index contributed by atoms with van der Waals surface area (Å²) < 4.78 is 5.60. The maximum atomic E-state index is 13.3. The van der Waals surface area contributed by atoms with Crippen LogP contribution in [0.25, 0.3) is 10.9 Å². The van der Waals surface area contributed by atoms with Crippen molar-refractivity contribution in [3.8, 4) is 5.75 Å². The van der Waals surface area contributed by atoms with E-state index < -0.39 is 6.10 Å². The zero-order chi connectivity index (χ0) is 24.8. The van der Waals surface area contributed by atoms with E-state index in [4.69, 9.17) is 9.72 Å². The second-order valence-electron chi connectivity index (χ2n) is 9.88. The molecule has 0 bridgehead atoms. The molecule has 1 atom stereocenters. The van der Waals surface area contributed by atoms with Crippen molar-refractivity contribution in [1.29, 1.82) is 0 Å². The molecule has 2 fully saturated rings. The van der Waals surface area contributed by atoms with Crippen molar-refractivity contribution >= 4 is 40.0 Å². The molecule has 3 aliphatic rings. The van der Waals surface area contributed by atoms with Gasteiger partial charge in [-0.25, -0.2) is 4.98 Å². The number of amides is 2. The Morgan fingerprint density at radius 3 is 2.61 bits per heavy atom. The summed E-state index contributed by atoms with van der Waals surface area (Å²) in [6.45, 7) is 3.04. The van der Waals surface area contributed by atoms with Crippen LogP contribution < -0.4 is 20.3 Å². The first-order valence-corrected chi connectivity index (χ1v) is 12.6. The lowest BCUT2D eigenvalue weighted by atomic mass is 9.88. The Balaban J connectivity index is 1.18. The average molecular weight is 485 g/mol. The van der Waals surface area contributed by atoms with Gasteiger partial charge in [-0.3, -0.25) is 14.4 Å². The first-order valence-electron chi connectivity index (χ1n) is 12.6. The molecule has 184 valence electrons. The number of piperidine rings is 1. The Kier molecular flexibility index (Phi) is 5.59. The number of nitrogens with zero attached hydrogens (tertiary/aromatic N) is 2. The molecule has 1 aromatic heterocycles. The van der Waals surface area contributed by atoms with Crippen molar-refractivity contribution in [3.63, 3.8) is 0 Å². The van der Waals surface area contributed by atoms with Crippen LogP contribution in [-0.4, -0.2) is 47.8 Å². The van der Waals surface area contributed by atoms with E-state index in [-0.39, 0.29) is 29.6 Å². The number of hydrogen-bond donors (Lipinski definition) is 2. The molecule has 2 aromatic carbocycles. The summed E-state index contributed by atoms with van der Waals surface area (Å²) in [5.41, 5.74) is 2.56. The van der Waals surface area contributed by atoms with Crippen molar-refractivity contribution < 1.29 is 19.1 Å². The number of ether oxygens (including phenoxy) is 1. The maximum Gasteiger partial charge on any atom is 0.265 e. The number of aromatic nitrogens is 1. The van der Waals surface area contributed by atoms with E-state index in [1.54, 1.807) is 25.1 Å². The van der Waals surface area contributed by atoms with Crippen LogP contribution in [0.2, 0.25) is 0 Å². The Hall–Kier alpha value is -3.94. The van der Waals surface area contributed by atoms with Crippen molar-refractivity contribution in [2.75, 3.05) is 23.3 Å². The Labute approximate surface area is 209 Å². The minimum Gasteiger partial charge on any atom is -0.479 e. The van der Waals surface area contributed by atoms with Crippen molar-refractivity contribution in [2.45, 2.75) is 44.8 Å². The van der Waals surface area contributed by atoms with E-state index in [0.717, 1.165) is 29.6 Å². The van der Waals surface area contributed by atoms with Gasteiger partial charge in [0.1, 0.15) is 11.6 Å². The minimum atomic E-state index is -0.549. The number of hydrogen-bond acceptors (Lipinski definition) is 6. The second kappa shape index (κ2) is 8.93. The van der Waals surface area contributed by atoms with Crippen LogP contribution in [-0.2, 0) is 4.79 Å². The number of carbonyl (C=O) groups excluding carboxylic acids is 3. The largest absolute Gasteiger partial charge is 0.479 e. The van der Waals surface area contributed by atoms with Gasteiger partial charge >= 0.3 is 0 Å². The third-order valence-electron chi connectivity index (χ3n) is 7.24. The molecule has 2 aliphatic heterocycles. The average Bonchev–Trinajstić information content (AvgIpc) is 3.72. The van der Waals surface area contributed by atoms with Crippen LogP contribution >= 0.6 is 0 Å². The van der Waals surface area contributed by atoms with Gasteiger partial charge in [0.05, 0.1) is 16.8 Å². The molecule has 6 rings (SSSR count). The normalized spacial score (nSPS) is 19.9. The molecule has 36 heavy (non-hydrogen) atoms. The van der Waals surface area contributed by atoms with Crippen LogP contribution in [0.5, 0.6) is 5.75 Å². The molecule has 1 saturated carbocycles. The van der Waals surface area contributed by atoms with Gasteiger partial charge in [-0.2, -0.15) is 0 Å². The topological polar surface area (TPSA) is 101 Å². The van der Waals surface area contributed by atoms with Gasteiger partial charge in [0.2, 0.25) is 0 Å². The number of fused-ring (bicyclic) bond motifs is 2. The molecule has 3 aromatic rings. The van der Waals surface area contributed by atoms with Gasteiger partial charge in [-0.05, 0) is 62.9 Å². The summed E-state index contributed by atoms with van der Waals surface area (Å²) in [6.07, 6.45) is 2.90. The van der Waals surface area contributed by atoms with Crippen LogP contribution in [0.15, 0.2) is 48.5 Å². The molecule has 1 saturated heterocycles. The number of benzene rings is 2. The van der Waals surface area contributed by atoms with Gasteiger partial charge in [0.15, 0.2) is 11.9 Å². The first kappa shape index (κ1) is 22.5. The molecule has 0 spiro atoms. The van der Waals surface area contributed by atoms with Crippen molar-refractivity contribution in [3.05, 3.63) is 59.7 Å². The van der Waals surface area contributed by atoms with Crippen LogP contribution in [0.1, 0.15) is 53.3 Å². The lowest BCUT2D eigenvalue weighted by molar-refractivity contribution is -0.122. The standard InChI is InChI=1S/C28H28N4O4/c1-16-27(34)31-23-14-18(6-9-24(23)36-16)26(33)17-10-12-32(13-11-17)25-15-21(28(35)29-19-7-8-19)20-4-2-3-5-22(20)30-25/h2-6,9,14-17,19H,7-8,10-13H2,1H3,(H,29,35)(H,31,34). The number of rotatable bonds is 5. The smallest absolute Gasteiger partial charge is 0.265 e. The predicted octanol–water partition coefficient (Wildman–Crippen LogP) is 3.95. The Bertz CT molecular complexity index is 1380. The molecule has 1 aliphatic carbocycles. The summed E-state index contributed by atoms with van der Waals surface area (Å²) in [5, 5.41) is 6.76. The number of Topliss-reactive ketones (excluding diaryl/α,β-unsaturated/α-hetero) is 1. The highest BCUT2D eigenvalue weighted by molar-refractivity contribution is 6.07. The van der Waals surface area contributed by atoms with Crippen LogP contribution in [0.4, 0.5) is 11.5 Å². The highest BCUT2D eigenvalue weighted by atomic mass is 16.5. The van der Waals surface area contributed by atoms with E-state index in [2.05, 4.69) is 15.5 Å². The van der Waals surface area contributed by atoms with Crippen LogP contribution in [0.3, 0.4) is 0 Å². The summed E-state index contributed by atoms with van der Waals surface area (Å²) >= 11 is 0. The third-order valence-corrected chi connectivity index (χ3v) is 7.24. The SMILES string of the molecule is CC1Oc2ccc(C(=O)C3CCN(c4cc(C(=O)NC5CC5)c5ccccc5n4)CC3)cc2NC1=O. The number of ketones is 1. The van der Waals surface area contributed by atoms with E-state index in [0.29, 0.717) is 48.5 Å². The van der Waals surface area contributed by atoms with Gasteiger partial charge in [-0.15, -0.1) is 0 Å². The first-order chi connectivity index (χ1) is 17.5. The molecule has 1 unspecified atom stereocenters. The molecule has 2 amide bonds. The minimum absolute atomic E-state index is 0.0553. The van der Waals surface area contributed by atoms with E-state index in [1.165, 1.54) is 0 Å². The Morgan fingerprint density at radius 2 is 1.83 bits per heavy atom. The summed E-state index contributed by atoms with van der Waals surface area (Å²) in [7, 11) is 0. The van der Waals surface area contributed by atoms with Gasteiger partial charge in [-0.1, -0.05) is 18.2 Å². The molecule has 0 radical (unpaired) electrons. The lowest BCUT2D eigenvalue weighted by Gasteiger charge is -2.32. The highest BCUT2D eigenvalue weighted by Gasteiger charge is 2.30. The van der Waals surface area contributed by atoms with Crippen molar-refractivity contribution in [1.82, 2.24) is 10.3 Å². The molecular formula is C28H28N4O4. The summed E-state index contributed by atoms with van der Waals surface area (Å²) in [6, 6.07) is 15.1. The molecule has 3 heterocycles. The number of carbonyl (C=O) groups is 3. The Morgan fingerprint density at radius 1 is 1.06 bits per heavy atom. The van der Waals surface area contributed by atoms with E-state index in [1.807, 2.05) is 30.3 Å². The predicted molar refractivity (Wildman–Crippen MR) is 137 cm³/mol. The van der Waals surface area contributed by atoms with Crippen LogP contribution in [0, 0.1) is 5.92 Å². The number of anilines is 2. The molecule has 8 heteroatoms. The molecular weight excluding hydrogens is 456 g/mol. The van der Waals surface area contributed by atoms with Gasteiger partial charge in [0, 0.05) is 36.0 Å². The lowest BCUT2D eigenvalue weighted by Crippen LogP contribution is -2.37.